The fourth-order valence-electron chi connectivity index (χ4n) is 3.23. The maximum Gasteiger partial charge on any atom is 0.228 e. The maximum absolute atomic E-state index is 12.8. The van der Waals surface area contributed by atoms with E-state index in [0.717, 1.165) is 22.4 Å². The average molecular weight is 338 g/mol. The Morgan fingerprint density at radius 3 is 2.80 bits per heavy atom. The van der Waals surface area contributed by atoms with Crippen LogP contribution in [0.2, 0.25) is 0 Å². The third-order valence-corrected chi connectivity index (χ3v) is 4.53. The molecule has 0 saturated heterocycles. The van der Waals surface area contributed by atoms with Gasteiger partial charge in [-0.3, -0.25) is 9.59 Å². The fraction of sp³-hybridized carbons (Fsp3) is 0.300. The summed E-state index contributed by atoms with van der Waals surface area (Å²) in [6.07, 6.45) is 0.153. The third kappa shape index (κ3) is 3.50. The fourth-order valence-corrected chi connectivity index (χ4v) is 3.23. The molecule has 2 atom stereocenters. The van der Waals surface area contributed by atoms with Crippen LogP contribution in [0.5, 0.6) is 5.75 Å². The first-order valence-corrected chi connectivity index (χ1v) is 8.33. The highest BCUT2D eigenvalue weighted by Crippen LogP contribution is 2.33. The normalized spacial score (nSPS) is 17.2. The number of aryl methyl sites for hydroxylation is 1. The monoisotopic (exact) mass is 338 g/mol. The molecule has 130 valence electrons. The van der Waals surface area contributed by atoms with Gasteiger partial charge in [0.05, 0.1) is 19.1 Å². The molecule has 0 fully saturated rings. The first kappa shape index (κ1) is 17.0. The predicted molar refractivity (Wildman–Crippen MR) is 96.7 cm³/mol. The van der Waals surface area contributed by atoms with Crippen molar-refractivity contribution < 1.29 is 14.3 Å². The summed E-state index contributed by atoms with van der Waals surface area (Å²) in [5.41, 5.74) is 3.58. The van der Waals surface area contributed by atoms with Crippen LogP contribution in [-0.2, 0) is 9.59 Å². The van der Waals surface area contributed by atoms with Gasteiger partial charge in [-0.05, 0) is 31.5 Å². The van der Waals surface area contributed by atoms with E-state index in [0.29, 0.717) is 5.69 Å². The summed E-state index contributed by atoms with van der Waals surface area (Å²) in [5.74, 6) is -0.0404. The molecule has 0 spiro atoms. The minimum absolute atomic E-state index is 0.139. The van der Waals surface area contributed by atoms with Gasteiger partial charge >= 0.3 is 0 Å². The smallest absolute Gasteiger partial charge is 0.228 e. The van der Waals surface area contributed by atoms with Crippen LogP contribution in [0.25, 0.3) is 0 Å². The van der Waals surface area contributed by atoms with Gasteiger partial charge in [-0.1, -0.05) is 35.9 Å². The molecule has 25 heavy (non-hydrogen) atoms. The molecule has 0 radical (unpaired) electrons. The lowest BCUT2D eigenvalue weighted by Crippen LogP contribution is -2.36. The van der Waals surface area contributed by atoms with E-state index in [1.54, 1.807) is 7.11 Å². The largest absolute Gasteiger partial charge is 0.496 e. The minimum Gasteiger partial charge on any atom is -0.496 e. The summed E-state index contributed by atoms with van der Waals surface area (Å²) < 4.78 is 5.41. The number of hydrogen-bond acceptors (Lipinski definition) is 3. The first-order chi connectivity index (χ1) is 12.0. The second kappa shape index (κ2) is 6.97. The number of carbonyl (C=O) groups excluding carboxylic acids is 2. The van der Waals surface area contributed by atoms with Crippen LogP contribution in [0, 0.1) is 6.92 Å². The van der Waals surface area contributed by atoms with Crippen molar-refractivity contribution in [2.24, 2.45) is 0 Å². The lowest BCUT2D eigenvalue weighted by molar-refractivity contribution is -0.126. The highest BCUT2D eigenvalue weighted by atomic mass is 16.5. The van der Waals surface area contributed by atoms with Gasteiger partial charge in [-0.15, -0.1) is 0 Å². The second-order valence-corrected chi connectivity index (χ2v) is 6.37. The third-order valence-electron chi connectivity index (χ3n) is 4.53. The lowest BCUT2D eigenvalue weighted by Gasteiger charge is -2.26. The topological polar surface area (TPSA) is 67.4 Å². The van der Waals surface area contributed by atoms with Crippen LogP contribution in [0.15, 0.2) is 42.5 Å². The van der Waals surface area contributed by atoms with Gasteiger partial charge in [0, 0.05) is 17.7 Å². The molecule has 1 heterocycles. The minimum atomic E-state index is -0.483. The van der Waals surface area contributed by atoms with Gasteiger partial charge < -0.3 is 15.4 Å². The summed E-state index contributed by atoms with van der Waals surface area (Å²) in [7, 11) is 1.62. The standard InChI is InChI=1S/C20H22N2O3/c1-12-8-9-18(25-3)15(10-12)13(2)21-20(24)16-11-19(23)22-17-7-5-4-6-14(16)17/h4-10,13,16H,11H2,1-3H3,(H,21,24)(H,22,23). The molecule has 5 nitrogen and oxygen atoms in total. The number of ether oxygens (including phenoxy) is 1. The molecule has 2 unspecified atom stereocenters. The lowest BCUT2D eigenvalue weighted by atomic mass is 9.89. The molecular weight excluding hydrogens is 316 g/mol. The average Bonchev–Trinajstić information content (AvgIpc) is 2.60. The highest BCUT2D eigenvalue weighted by Gasteiger charge is 2.31. The molecule has 3 rings (SSSR count). The number of fused-ring (bicyclic) bond motifs is 1. The molecule has 2 amide bonds. The number of rotatable bonds is 4. The van der Waals surface area contributed by atoms with E-state index in [4.69, 9.17) is 4.74 Å². The van der Waals surface area contributed by atoms with Crippen molar-refractivity contribution in [2.45, 2.75) is 32.2 Å². The molecule has 0 aromatic heterocycles. The van der Waals surface area contributed by atoms with Crippen molar-refractivity contribution in [1.82, 2.24) is 5.32 Å². The number of anilines is 1. The summed E-state index contributed by atoms with van der Waals surface area (Å²) in [6, 6.07) is 13.1. The van der Waals surface area contributed by atoms with Gasteiger partial charge in [0.25, 0.3) is 0 Å². The molecule has 2 aromatic rings. The van der Waals surface area contributed by atoms with E-state index in [9.17, 15) is 9.59 Å². The van der Waals surface area contributed by atoms with Crippen molar-refractivity contribution in [3.63, 3.8) is 0 Å². The van der Waals surface area contributed by atoms with Crippen LogP contribution in [0.4, 0.5) is 5.69 Å². The Morgan fingerprint density at radius 1 is 1.28 bits per heavy atom. The highest BCUT2D eigenvalue weighted by molar-refractivity contribution is 6.01. The Hall–Kier alpha value is -2.82. The summed E-state index contributed by atoms with van der Waals surface area (Å²) in [5, 5.41) is 5.85. The zero-order chi connectivity index (χ0) is 18.0. The van der Waals surface area contributed by atoms with Gasteiger partial charge in [0.15, 0.2) is 0 Å². The van der Waals surface area contributed by atoms with Gasteiger partial charge in [-0.2, -0.15) is 0 Å². The van der Waals surface area contributed by atoms with Crippen LogP contribution >= 0.6 is 0 Å². The van der Waals surface area contributed by atoms with Crippen molar-refractivity contribution >= 4 is 17.5 Å². The molecular formula is C20H22N2O3. The van der Waals surface area contributed by atoms with Crippen LogP contribution in [-0.4, -0.2) is 18.9 Å². The Morgan fingerprint density at radius 2 is 2.04 bits per heavy atom. The molecule has 0 saturated carbocycles. The molecule has 1 aliphatic heterocycles. The number of hydrogen-bond donors (Lipinski definition) is 2. The Kier molecular flexibility index (Phi) is 4.74. The number of para-hydroxylation sites is 1. The summed E-state index contributed by atoms with van der Waals surface area (Å²) >= 11 is 0. The molecule has 0 aliphatic carbocycles. The quantitative estimate of drug-likeness (QED) is 0.899. The van der Waals surface area contributed by atoms with Crippen molar-refractivity contribution in [1.29, 1.82) is 0 Å². The Labute approximate surface area is 147 Å². The molecule has 2 aromatic carbocycles. The zero-order valence-electron chi connectivity index (χ0n) is 14.6. The Bertz CT molecular complexity index is 816. The Balaban J connectivity index is 1.83. The van der Waals surface area contributed by atoms with Crippen molar-refractivity contribution in [2.75, 3.05) is 12.4 Å². The van der Waals surface area contributed by atoms with Gasteiger partial charge in [0.2, 0.25) is 11.8 Å². The molecule has 2 N–H and O–H groups in total. The molecule has 1 aliphatic rings. The van der Waals surface area contributed by atoms with Crippen molar-refractivity contribution in [3.05, 3.63) is 59.2 Å². The van der Waals surface area contributed by atoms with Crippen molar-refractivity contribution in [3.8, 4) is 5.75 Å². The van der Waals surface area contributed by atoms with Crippen LogP contribution < -0.4 is 15.4 Å². The van der Waals surface area contributed by atoms with E-state index < -0.39 is 5.92 Å². The van der Waals surface area contributed by atoms with E-state index >= 15 is 0 Å². The molecule has 5 heteroatoms. The summed E-state index contributed by atoms with van der Waals surface area (Å²) in [4.78, 5) is 24.8. The second-order valence-electron chi connectivity index (χ2n) is 6.37. The SMILES string of the molecule is COc1ccc(C)cc1C(C)NC(=O)C1CC(=O)Nc2ccccc21. The summed E-state index contributed by atoms with van der Waals surface area (Å²) in [6.45, 7) is 3.92. The number of nitrogens with one attached hydrogen (secondary N) is 2. The van der Waals surface area contributed by atoms with E-state index in [2.05, 4.69) is 10.6 Å². The first-order valence-electron chi connectivity index (χ1n) is 8.33. The van der Waals surface area contributed by atoms with Crippen LogP contribution in [0.3, 0.4) is 0 Å². The van der Waals surface area contributed by atoms with Gasteiger partial charge in [0.1, 0.15) is 5.75 Å². The van der Waals surface area contributed by atoms with Gasteiger partial charge in [-0.25, -0.2) is 0 Å². The number of benzene rings is 2. The number of amides is 2. The van der Waals surface area contributed by atoms with Crippen LogP contribution in [0.1, 0.15) is 42.0 Å². The predicted octanol–water partition coefficient (Wildman–Crippen LogP) is 3.31. The number of carbonyl (C=O) groups is 2. The maximum atomic E-state index is 12.8. The van der Waals surface area contributed by atoms with E-state index in [-0.39, 0.29) is 24.3 Å². The molecule has 0 bridgehead atoms. The number of methoxy groups -OCH3 is 1. The zero-order valence-corrected chi connectivity index (χ0v) is 14.6. The van der Waals surface area contributed by atoms with E-state index in [1.807, 2.05) is 56.3 Å². The van der Waals surface area contributed by atoms with E-state index in [1.165, 1.54) is 0 Å².